The molecule has 0 aliphatic carbocycles. The van der Waals surface area contributed by atoms with Crippen molar-refractivity contribution < 1.29 is 21.6 Å². The molecule has 34 heavy (non-hydrogen) atoms. The number of sulfonamides is 2. The van der Waals surface area contributed by atoms with Crippen LogP contribution in [0.15, 0.2) is 76.5 Å². The Hall–Kier alpha value is -3.08. The number of halogens is 1. The summed E-state index contributed by atoms with van der Waals surface area (Å²) >= 11 is 5.96. The predicted octanol–water partition coefficient (Wildman–Crippen LogP) is 4.38. The number of benzene rings is 3. The van der Waals surface area contributed by atoms with Gasteiger partial charge in [0.25, 0.3) is 20.0 Å². The smallest absolute Gasteiger partial charge is 0.261 e. The summed E-state index contributed by atoms with van der Waals surface area (Å²) in [5, 5.41) is 0.396. The van der Waals surface area contributed by atoms with E-state index in [1.165, 1.54) is 42.5 Å². The lowest BCUT2D eigenvalue weighted by atomic mass is 10.2. The molecule has 11 heteroatoms. The van der Waals surface area contributed by atoms with Gasteiger partial charge in [-0.15, -0.1) is 0 Å². The van der Waals surface area contributed by atoms with Gasteiger partial charge in [0.1, 0.15) is 0 Å². The van der Waals surface area contributed by atoms with E-state index in [4.69, 9.17) is 11.6 Å². The number of carbonyl (C=O) groups excluding carboxylic acids is 1. The van der Waals surface area contributed by atoms with Gasteiger partial charge in [0.15, 0.2) is 0 Å². The van der Waals surface area contributed by atoms with Gasteiger partial charge in [-0.3, -0.25) is 14.2 Å². The third-order valence-electron chi connectivity index (χ3n) is 5.39. The standard InChI is InChI=1S/C23H22ClN3O5S2/c1-16-4-5-17(24)15-22(16)26-34(31,32)20-10-6-18(7-11-20)25-33(29,30)21-12-8-19(9-13-21)27-14-2-3-23(27)28/h4-13,15,25-26H,2-3,14H2,1H3. The normalized spacial score (nSPS) is 14.3. The minimum Gasteiger partial charge on any atom is -0.312 e. The molecule has 3 aromatic carbocycles. The Morgan fingerprint density at radius 2 is 1.41 bits per heavy atom. The zero-order valence-corrected chi connectivity index (χ0v) is 20.5. The van der Waals surface area contributed by atoms with Crippen molar-refractivity contribution in [1.82, 2.24) is 0 Å². The zero-order valence-electron chi connectivity index (χ0n) is 18.2. The minimum absolute atomic E-state index is 0.0174. The molecule has 0 aromatic heterocycles. The fourth-order valence-electron chi connectivity index (χ4n) is 3.55. The molecule has 8 nitrogen and oxygen atoms in total. The Bertz CT molecular complexity index is 1440. The molecular weight excluding hydrogens is 498 g/mol. The van der Waals surface area contributed by atoms with Crippen molar-refractivity contribution in [2.75, 3.05) is 20.9 Å². The Kier molecular flexibility index (Phi) is 6.57. The quantitative estimate of drug-likeness (QED) is 0.481. The molecule has 1 aliphatic heterocycles. The molecule has 4 rings (SSSR count). The highest BCUT2D eigenvalue weighted by molar-refractivity contribution is 7.93. The summed E-state index contributed by atoms with van der Waals surface area (Å²) < 4.78 is 55.9. The molecule has 0 spiro atoms. The van der Waals surface area contributed by atoms with Crippen LogP contribution in [0.3, 0.4) is 0 Å². The van der Waals surface area contributed by atoms with Gasteiger partial charge in [0.2, 0.25) is 5.91 Å². The van der Waals surface area contributed by atoms with Crippen molar-refractivity contribution in [1.29, 1.82) is 0 Å². The molecule has 3 aromatic rings. The van der Waals surface area contributed by atoms with Gasteiger partial charge in [-0.1, -0.05) is 17.7 Å². The lowest BCUT2D eigenvalue weighted by molar-refractivity contribution is -0.117. The number of amides is 1. The number of nitrogens with zero attached hydrogens (tertiary/aromatic N) is 1. The first-order valence-electron chi connectivity index (χ1n) is 10.4. The molecule has 1 saturated heterocycles. The molecule has 2 N–H and O–H groups in total. The first-order valence-corrected chi connectivity index (χ1v) is 13.7. The number of hydrogen-bond acceptors (Lipinski definition) is 5. The van der Waals surface area contributed by atoms with Gasteiger partial charge < -0.3 is 4.90 Å². The summed E-state index contributed by atoms with van der Waals surface area (Å²) in [7, 11) is -7.81. The highest BCUT2D eigenvalue weighted by atomic mass is 35.5. The van der Waals surface area contributed by atoms with Crippen LogP contribution in [0.1, 0.15) is 18.4 Å². The highest BCUT2D eigenvalue weighted by Gasteiger charge is 2.23. The van der Waals surface area contributed by atoms with Crippen molar-refractivity contribution in [3.8, 4) is 0 Å². The predicted molar refractivity (Wildman–Crippen MR) is 132 cm³/mol. The Morgan fingerprint density at radius 3 is 2.00 bits per heavy atom. The van der Waals surface area contributed by atoms with Gasteiger partial charge in [0, 0.05) is 29.4 Å². The van der Waals surface area contributed by atoms with E-state index in [9.17, 15) is 21.6 Å². The molecule has 1 heterocycles. The average Bonchev–Trinajstić information content (AvgIpc) is 3.22. The molecule has 0 saturated carbocycles. The maximum atomic E-state index is 12.8. The molecule has 1 amide bonds. The first-order chi connectivity index (χ1) is 16.0. The van der Waals surface area contributed by atoms with Crippen LogP contribution in [0.25, 0.3) is 0 Å². The third-order valence-corrected chi connectivity index (χ3v) is 8.41. The second-order valence-corrected chi connectivity index (χ2v) is 11.6. The molecule has 0 atom stereocenters. The van der Waals surface area contributed by atoms with Crippen molar-refractivity contribution >= 4 is 54.6 Å². The van der Waals surface area contributed by atoms with E-state index in [1.54, 1.807) is 36.1 Å². The van der Waals surface area contributed by atoms with Crippen molar-refractivity contribution in [2.45, 2.75) is 29.6 Å². The molecule has 0 bridgehead atoms. The highest BCUT2D eigenvalue weighted by Crippen LogP contribution is 2.26. The fourth-order valence-corrected chi connectivity index (χ4v) is 5.90. The molecule has 178 valence electrons. The Labute approximate surface area is 203 Å². The van der Waals surface area contributed by atoms with Gasteiger partial charge in [-0.2, -0.15) is 0 Å². The fraction of sp³-hybridized carbons (Fsp3) is 0.174. The van der Waals surface area contributed by atoms with Gasteiger partial charge in [0.05, 0.1) is 15.5 Å². The second kappa shape index (κ2) is 9.28. The van der Waals surface area contributed by atoms with Crippen LogP contribution in [-0.2, 0) is 24.8 Å². The number of anilines is 3. The van der Waals surface area contributed by atoms with E-state index < -0.39 is 20.0 Å². The summed E-state index contributed by atoms with van der Waals surface area (Å²) in [4.78, 5) is 13.5. The van der Waals surface area contributed by atoms with Gasteiger partial charge in [-0.25, -0.2) is 16.8 Å². The molecule has 0 radical (unpaired) electrons. The summed E-state index contributed by atoms with van der Waals surface area (Å²) in [6.07, 6.45) is 1.27. The number of aryl methyl sites for hydroxylation is 1. The van der Waals surface area contributed by atoms with E-state index in [0.717, 1.165) is 6.42 Å². The van der Waals surface area contributed by atoms with Crippen molar-refractivity contribution in [3.63, 3.8) is 0 Å². The summed E-state index contributed by atoms with van der Waals surface area (Å²) in [5.74, 6) is 0.0174. The van der Waals surface area contributed by atoms with Crippen LogP contribution in [0.5, 0.6) is 0 Å². The lowest BCUT2D eigenvalue weighted by Gasteiger charge is -2.16. The molecule has 1 fully saturated rings. The molecule has 0 unspecified atom stereocenters. The van der Waals surface area contributed by atoms with Crippen LogP contribution < -0.4 is 14.3 Å². The first kappa shape index (κ1) is 24.1. The van der Waals surface area contributed by atoms with Crippen LogP contribution in [0.4, 0.5) is 17.1 Å². The summed E-state index contributed by atoms with van der Waals surface area (Å²) in [6.45, 7) is 2.37. The maximum absolute atomic E-state index is 12.8. The molecular formula is C23H22ClN3O5S2. The Morgan fingerprint density at radius 1 is 0.824 bits per heavy atom. The van der Waals surface area contributed by atoms with Gasteiger partial charge in [-0.05, 0) is 79.6 Å². The monoisotopic (exact) mass is 519 g/mol. The van der Waals surface area contributed by atoms with Crippen molar-refractivity contribution in [2.24, 2.45) is 0 Å². The maximum Gasteiger partial charge on any atom is 0.261 e. The van der Waals surface area contributed by atoms with Crippen LogP contribution >= 0.6 is 11.6 Å². The summed E-state index contributed by atoms with van der Waals surface area (Å²) in [6, 6.07) is 16.3. The minimum atomic E-state index is -3.91. The van der Waals surface area contributed by atoms with Crippen LogP contribution in [-0.4, -0.2) is 29.3 Å². The number of carbonyl (C=O) groups is 1. The van der Waals surface area contributed by atoms with E-state index in [1.807, 2.05) is 0 Å². The lowest BCUT2D eigenvalue weighted by Crippen LogP contribution is -2.23. The van der Waals surface area contributed by atoms with Gasteiger partial charge >= 0.3 is 0 Å². The Balaban J connectivity index is 1.48. The number of nitrogens with one attached hydrogen (secondary N) is 2. The summed E-state index contributed by atoms with van der Waals surface area (Å²) in [5.41, 5.74) is 1.92. The topological polar surface area (TPSA) is 113 Å². The van der Waals surface area contributed by atoms with E-state index >= 15 is 0 Å². The number of hydrogen-bond donors (Lipinski definition) is 2. The SMILES string of the molecule is Cc1ccc(Cl)cc1NS(=O)(=O)c1ccc(NS(=O)(=O)c2ccc(N3CCCC3=O)cc2)cc1. The van der Waals surface area contributed by atoms with E-state index in [2.05, 4.69) is 9.44 Å². The second-order valence-electron chi connectivity index (χ2n) is 7.84. The van der Waals surface area contributed by atoms with E-state index in [-0.39, 0.29) is 21.4 Å². The average molecular weight is 520 g/mol. The third kappa shape index (κ3) is 5.19. The van der Waals surface area contributed by atoms with Crippen LogP contribution in [0.2, 0.25) is 5.02 Å². The van der Waals surface area contributed by atoms with Crippen molar-refractivity contribution in [3.05, 3.63) is 77.3 Å². The number of rotatable bonds is 7. The van der Waals surface area contributed by atoms with E-state index in [0.29, 0.717) is 34.9 Å². The van der Waals surface area contributed by atoms with Crippen LogP contribution in [0, 0.1) is 6.92 Å². The largest absolute Gasteiger partial charge is 0.312 e. The molecule has 1 aliphatic rings. The zero-order chi connectivity index (χ0) is 24.5.